The number of ether oxygens (including phenoxy) is 1. The van der Waals surface area contributed by atoms with Crippen molar-refractivity contribution in [3.05, 3.63) is 53.1 Å². The lowest BCUT2D eigenvalue weighted by Gasteiger charge is -2.06. The standard InChI is InChI=1S/C15H14ClNO2/c1-19-15(18)8-10-2-4-11(5-3-10)12-6-7-14(17)13(16)9-12/h2-7,9H,8,17H2,1H3. The molecule has 0 radical (unpaired) electrons. The number of benzene rings is 2. The van der Waals surface area contributed by atoms with Gasteiger partial charge >= 0.3 is 5.97 Å². The summed E-state index contributed by atoms with van der Waals surface area (Å²) in [6, 6.07) is 13.2. The van der Waals surface area contributed by atoms with Crippen molar-refractivity contribution in [1.82, 2.24) is 0 Å². The van der Waals surface area contributed by atoms with E-state index in [1.165, 1.54) is 7.11 Å². The summed E-state index contributed by atoms with van der Waals surface area (Å²) in [6.07, 6.45) is 0.277. The molecule has 0 aliphatic heterocycles. The molecule has 0 unspecified atom stereocenters. The van der Waals surface area contributed by atoms with Crippen LogP contribution in [-0.4, -0.2) is 13.1 Å². The maximum atomic E-state index is 11.2. The predicted molar refractivity (Wildman–Crippen MR) is 77.0 cm³/mol. The summed E-state index contributed by atoms with van der Waals surface area (Å²) >= 11 is 6.00. The molecule has 0 aliphatic carbocycles. The molecule has 3 nitrogen and oxygen atoms in total. The second kappa shape index (κ2) is 5.76. The van der Waals surface area contributed by atoms with Crippen molar-refractivity contribution in [2.45, 2.75) is 6.42 Å². The van der Waals surface area contributed by atoms with Gasteiger partial charge in [0, 0.05) is 0 Å². The molecule has 2 N–H and O–H groups in total. The fraction of sp³-hybridized carbons (Fsp3) is 0.133. The number of halogens is 1. The molecule has 0 atom stereocenters. The lowest BCUT2D eigenvalue weighted by atomic mass is 10.0. The van der Waals surface area contributed by atoms with E-state index in [2.05, 4.69) is 4.74 Å². The van der Waals surface area contributed by atoms with Crippen LogP contribution in [0.5, 0.6) is 0 Å². The first-order valence-corrected chi connectivity index (χ1v) is 6.19. The van der Waals surface area contributed by atoms with E-state index in [0.29, 0.717) is 10.7 Å². The van der Waals surface area contributed by atoms with Crippen LogP contribution >= 0.6 is 11.6 Å². The van der Waals surface area contributed by atoms with Crippen LogP contribution in [0.15, 0.2) is 42.5 Å². The first-order valence-electron chi connectivity index (χ1n) is 5.81. The molecule has 2 aromatic carbocycles. The van der Waals surface area contributed by atoms with Crippen LogP contribution in [0.4, 0.5) is 5.69 Å². The van der Waals surface area contributed by atoms with Gasteiger partial charge in [0.25, 0.3) is 0 Å². The predicted octanol–water partition coefficient (Wildman–Crippen LogP) is 3.30. The monoisotopic (exact) mass is 275 g/mol. The molecular formula is C15H14ClNO2. The second-order valence-electron chi connectivity index (χ2n) is 4.19. The number of methoxy groups -OCH3 is 1. The van der Waals surface area contributed by atoms with Crippen LogP contribution in [0, 0.1) is 0 Å². The quantitative estimate of drug-likeness (QED) is 0.691. The van der Waals surface area contributed by atoms with Gasteiger partial charge < -0.3 is 10.5 Å². The van der Waals surface area contributed by atoms with Gasteiger partial charge in [-0.25, -0.2) is 0 Å². The van der Waals surface area contributed by atoms with E-state index in [4.69, 9.17) is 17.3 Å². The van der Waals surface area contributed by atoms with E-state index >= 15 is 0 Å². The topological polar surface area (TPSA) is 52.3 Å². The average Bonchev–Trinajstić information content (AvgIpc) is 2.42. The smallest absolute Gasteiger partial charge is 0.309 e. The third kappa shape index (κ3) is 3.26. The Hall–Kier alpha value is -2.00. The van der Waals surface area contributed by atoms with Gasteiger partial charge in [0.1, 0.15) is 0 Å². The second-order valence-corrected chi connectivity index (χ2v) is 4.59. The minimum absolute atomic E-state index is 0.247. The lowest BCUT2D eigenvalue weighted by molar-refractivity contribution is -0.139. The summed E-state index contributed by atoms with van der Waals surface area (Å²) < 4.78 is 4.63. The molecular weight excluding hydrogens is 262 g/mol. The van der Waals surface area contributed by atoms with Crippen molar-refractivity contribution >= 4 is 23.3 Å². The molecule has 4 heteroatoms. The Labute approximate surface area is 117 Å². The Bertz CT molecular complexity index is 594. The highest BCUT2D eigenvalue weighted by molar-refractivity contribution is 6.33. The molecule has 0 bridgehead atoms. The van der Waals surface area contributed by atoms with E-state index < -0.39 is 0 Å². The summed E-state index contributed by atoms with van der Waals surface area (Å²) in [7, 11) is 1.38. The molecule has 0 aliphatic rings. The zero-order valence-electron chi connectivity index (χ0n) is 10.5. The van der Waals surface area contributed by atoms with Crippen molar-refractivity contribution in [2.24, 2.45) is 0 Å². The molecule has 0 spiro atoms. The van der Waals surface area contributed by atoms with Crippen LogP contribution < -0.4 is 5.73 Å². The van der Waals surface area contributed by atoms with Crippen molar-refractivity contribution < 1.29 is 9.53 Å². The number of hydrogen-bond acceptors (Lipinski definition) is 3. The van der Waals surface area contributed by atoms with E-state index in [9.17, 15) is 4.79 Å². The molecule has 0 heterocycles. The number of nitrogens with two attached hydrogens (primary N) is 1. The minimum atomic E-state index is -0.247. The molecule has 0 aromatic heterocycles. The molecule has 98 valence electrons. The average molecular weight is 276 g/mol. The number of rotatable bonds is 3. The molecule has 0 saturated carbocycles. The number of carbonyl (C=O) groups excluding carboxylic acids is 1. The van der Waals surface area contributed by atoms with Gasteiger partial charge in [0.05, 0.1) is 24.2 Å². The maximum absolute atomic E-state index is 11.2. The Morgan fingerprint density at radius 2 is 1.79 bits per heavy atom. The SMILES string of the molecule is COC(=O)Cc1ccc(-c2ccc(N)c(Cl)c2)cc1. The summed E-state index contributed by atoms with van der Waals surface area (Å²) in [4.78, 5) is 11.2. The summed E-state index contributed by atoms with van der Waals surface area (Å²) in [5.41, 5.74) is 9.17. The Morgan fingerprint density at radius 3 is 2.37 bits per heavy atom. The summed E-state index contributed by atoms with van der Waals surface area (Å²) in [5, 5.41) is 0.538. The number of anilines is 1. The molecule has 0 saturated heterocycles. The maximum Gasteiger partial charge on any atom is 0.309 e. The van der Waals surface area contributed by atoms with Gasteiger partial charge in [-0.05, 0) is 28.8 Å². The highest BCUT2D eigenvalue weighted by Gasteiger charge is 2.04. The van der Waals surface area contributed by atoms with Crippen molar-refractivity contribution in [2.75, 3.05) is 12.8 Å². The fourth-order valence-electron chi connectivity index (χ4n) is 1.76. The van der Waals surface area contributed by atoms with Crippen LogP contribution in [-0.2, 0) is 16.0 Å². The van der Waals surface area contributed by atoms with Gasteiger partial charge in [-0.15, -0.1) is 0 Å². The highest BCUT2D eigenvalue weighted by Crippen LogP contribution is 2.27. The van der Waals surface area contributed by atoms with Gasteiger partial charge in [0.2, 0.25) is 0 Å². The molecule has 19 heavy (non-hydrogen) atoms. The summed E-state index contributed by atoms with van der Waals surface area (Å²) in [5.74, 6) is -0.247. The highest BCUT2D eigenvalue weighted by atomic mass is 35.5. The zero-order chi connectivity index (χ0) is 13.8. The lowest BCUT2D eigenvalue weighted by Crippen LogP contribution is -2.04. The first-order chi connectivity index (χ1) is 9.10. The largest absolute Gasteiger partial charge is 0.469 e. The molecule has 0 amide bonds. The Balaban J connectivity index is 2.22. The van der Waals surface area contributed by atoms with Gasteiger partial charge in [-0.3, -0.25) is 4.79 Å². The number of esters is 1. The molecule has 2 aromatic rings. The number of hydrogen-bond donors (Lipinski definition) is 1. The first kappa shape index (κ1) is 13.4. The fourth-order valence-corrected chi connectivity index (χ4v) is 1.94. The summed E-state index contributed by atoms with van der Waals surface area (Å²) in [6.45, 7) is 0. The van der Waals surface area contributed by atoms with E-state index in [1.807, 2.05) is 36.4 Å². The number of nitrogen functional groups attached to an aromatic ring is 1. The van der Waals surface area contributed by atoms with Crippen LogP contribution in [0.3, 0.4) is 0 Å². The van der Waals surface area contributed by atoms with Crippen molar-refractivity contribution in [3.63, 3.8) is 0 Å². The zero-order valence-corrected chi connectivity index (χ0v) is 11.3. The van der Waals surface area contributed by atoms with Gasteiger partial charge in [0.15, 0.2) is 0 Å². The van der Waals surface area contributed by atoms with Crippen LogP contribution in [0.2, 0.25) is 5.02 Å². The normalized spacial score (nSPS) is 10.2. The Kier molecular flexibility index (Phi) is 4.07. The third-order valence-electron chi connectivity index (χ3n) is 2.86. The van der Waals surface area contributed by atoms with E-state index in [-0.39, 0.29) is 12.4 Å². The Morgan fingerprint density at radius 1 is 1.16 bits per heavy atom. The molecule has 2 rings (SSSR count). The van der Waals surface area contributed by atoms with E-state index in [0.717, 1.165) is 16.7 Å². The minimum Gasteiger partial charge on any atom is -0.469 e. The molecule has 0 fully saturated rings. The van der Waals surface area contributed by atoms with Gasteiger partial charge in [-0.1, -0.05) is 41.9 Å². The van der Waals surface area contributed by atoms with Crippen molar-refractivity contribution in [3.8, 4) is 11.1 Å². The van der Waals surface area contributed by atoms with Gasteiger partial charge in [-0.2, -0.15) is 0 Å². The third-order valence-corrected chi connectivity index (χ3v) is 3.19. The van der Waals surface area contributed by atoms with E-state index in [1.54, 1.807) is 6.07 Å². The van der Waals surface area contributed by atoms with Crippen molar-refractivity contribution in [1.29, 1.82) is 0 Å². The van der Waals surface area contributed by atoms with Crippen LogP contribution in [0.1, 0.15) is 5.56 Å². The number of carbonyl (C=O) groups is 1. The van der Waals surface area contributed by atoms with Crippen LogP contribution in [0.25, 0.3) is 11.1 Å².